The van der Waals surface area contributed by atoms with Gasteiger partial charge in [0, 0.05) is 27.8 Å². The Morgan fingerprint density at radius 2 is 1.79 bits per heavy atom. The second kappa shape index (κ2) is 7.14. The lowest BCUT2D eigenvalue weighted by atomic mass is 10.1. The lowest BCUT2D eigenvalue weighted by Gasteiger charge is -2.07. The summed E-state index contributed by atoms with van der Waals surface area (Å²) >= 11 is 0. The molecule has 0 aliphatic rings. The number of H-pyrrole nitrogens is 1. The highest BCUT2D eigenvalue weighted by Gasteiger charge is 2.30. The smallest absolute Gasteiger partial charge is 0.284 e. The summed E-state index contributed by atoms with van der Waals surface area (Å²) in [6.07, 6.45) is -1.02. The van der Waals surface area contributed by atoms with E-state index in [4.69, 9.17) is 0 Å². The van der Waals surface area contributed by atoms with E-state index in [0.29, 0.717) is 29.0 Å². The molecule has 9 heteroatoms. The summed E-state index contributed by atoms with van der Waals surface area (Å²) in [6.45, 7) is 0.380. The second-order valence-electron chi connectivity index (χ2n) is 6.71. The zero-order valence-electron chi connectivity index (χ0n) is 15.4. The maximum absolute atomic E-state index is 13.1. The molecule has 0 amide bonds. The molecule has 150 valence electrons. The van der Waals surface area contributed by atoms with Crippen molar-refractivity contribution in [1.82, 2.24) is 9.78 Å². The van der Waals surface area contributed by atoms with E-state index in [1.165, 1.54) is 16.8 Å². The maximum atomic E-state index is 13.1. The van der Waals surface area contributed by atoms with E-state index >= 15 is 0 Å². The van der Waals surface area contributed by atoms with Crippen molar-refractivity contribution < 1.29 is 21.9 Å². The van der Waals surface area contributed by atoms with Gasteiger partial charge in [-0.2, -0.15) is 17.7 Å². The molecule has 0 saturated heterocycles. The Morgan fingerprint density at radius 3 is 2.45 bits per heavy atom. The van der Waals surface area contributed by atoms with Gasteiger partial charge in [-0.15, -0.1) is 0 Å². The van der Waals surface area contributed by atoms with Crippen molar-refractivity contribution in [3.05, 3.63) is 70.6 Å². The molecule has 29 heavy (non-hydrogen) atoms. The van der Waals surface area contributed by atoms with Gasteiger partial charge in [0.15, 0.2) is 12.7 Å². The van der Waals surface area contributed by atoms with Crippen molar-refractivity contribution >= 4 is 32.6 Å². The lowest BCUT2D eigenvalue weighted by Crippen LogP contribution is -2.40. The number of fused-ring (bicyclic) bond motifs is 3. The van der Waals surface area contributed by atoms with Crippen LogP contribution in [0.1, 0.15) is 5.56 Å². The molecule has 1 unspecified atom stereocenters. The number of halogens is 3. The van der Waals surface area contributed by atoms with Crippen LogP contribution in [0.3, 0.4) is 0 Å². The molecule has 0 saturated carbocycles. The van der Waals surface area contributed by atoms with Crippen LogP contribution in [0.2, 0.25) is 0 Å². The van der Waals surface area contributed by atoms with Crippen LogP contribution < -0.4 is 10.1 Å². The molecule has 0 aliphatic carbocycles. The fraction of sp³-hybridized carbons (Fsp3) is 0.200. The molecule has 0 radical (unpaired) electrons. The van der Waals surface area contributed by atoms with E-state index in [2.05, 4.69) is 5.10 Å². The van der Waals surface area contributed by atoms with Gasteiger partial charge in [-0.3, -0.25) is 14.1 Å². The van der Waals surface area contributed by atoms with Crippen LogP contribution in [0.15, 0.2) is 59.5 Å². The van der Waals surface area contributed by atoms with Crippen LogP contribution in [0.4, 0.5) is 13.2 Å². The molecule has 0 spiro atoms. The molecule has 1 atom stereocenters. The molecule has 4 rings (SSSR count). The average molecular weight is 420 g/mol. The first-order valence-corrected chi connectivity index (χ1v) is 10.5. The molecule has 1 N–H and O–H groups in total. The van der Waals surface area contributed by atoms with Crippen LogP contribution >= 0.6 is 0 Å². The number of rotatable bonds is 4. The Hall–Kier alpha value is -2.94. The predicted octanol–water partition coefficient (Wildman–Crippen LogP) is 3.16. The summed E-state index contributed by atoms with van der Waals surface area (Å²) in [5, 5.41) is 4.75. The number of aromatic amines is 1. The first-order chi connectivity index (χ1) is 13.8. The third-order valence-electron chi connectivity index (χ3n) is 4.75. The summed E-state index contributed by atoms with van der Waals surface area (Å²) < 4.78 is 53.1. The number of benzene rings is 2. The number of hydrogen-bond donors (Lipinski definition) is 1. The van der Waals surface area contributed by atoms with Crippen molar-refractivity contribution in [2.75, 3.05) is 12.0 Å². The van der Waals surface area contributed by atoms with Crippen molar-refractivity contribution in [1.29, 1.82) is 0 Å². The van der Waals surface area contributed by atoms with Gasteiger partial charge in [-0.05, 0) is 30.3 Å². The lowest BCUT2D eigenvalue weighted by molar-refractivity contribution is -0.665. The fourth-order valence-corrected chi connectivity index (χ4v) is 3.79. The second-order valence-corrected chi connectivity index (χ2v) is 8.26. The highest BCUT2D eigenvalue weighted by atomic mass is 32.2. The van der Waals surface area contributed by atoms with Gasteiger partial charge in [0.05, 0.1) is 17.0 Å². The first kappa shape index (κ1) is 19.4. The third kappa shape index (κ3) is 3.57. The number of aryl methyl sites for hydroxylation is 1. The maximum Gasteiger partial charge on any atom is 0.416 e. The molecule has 2 aromatic carbocycles. The number of aromatic nitrogens is 3. The topological polar surface area (TPSA) is 58.7 Å². The minimum absolute atomic E-state index is 0.300. The Labute approximate surface area is 165 Å². The molecule has 5 nitrogen and oxygen atoms in total. The zero-order valence-corrected chi connectivity index (χ0v) is 16.2. The van der Waals surface area contributed by atoms with Gasteiger partial charge in [0.1, 0.15) is 5.52 Å². The van der Waals surface area contributed by atoms with Crippen LogP contribution in [0, 0.1) is 0 Å². The van der Waals surface area contributed by atoms with Gasteiger partial charge in [-0.25, -0.2) is 4.68 Å². The fourth-order valence-electron chi connectivity index (χ4n) is 3.34. The normalized spacial score (nSPS) is 13.2. The van der Waals surface area contributed by atoms with Crippen molar-refractivity contribution in [2.24, 2.45) is 0 Å². The Balaban J connectivity index is 1.94. The Bertz CT molecular complexity index is 1290. The van der Waals surface area contributed by atoms with Crippen LogP contribution in [-0.4, -0.2) is 26.0 Å². The summed E-state index contributed by atoms with van der Waals surface area (Å²) in [5.41, 5.74) is 0.0987. The number of nitrogens with one attached hydrogen (secondary N) is 1. The monoisotopic (exact) mass is 420 g/mol. The molecule has 4 aromatic rings. The third-order valence-corrected chi connectivity index (χ3v) is 5.51. The Morgan fingerprint density at radius 1 is 1.10 bits per heavy atom. The number of pyridine rings is 1. The van der Waals surface area contributed by atoms with E-state index < -0.39 is 22.5 Å². The molecule has 2 heterocycles. The highest BCUT2D eigenvalue weighted by molar-refractivity contribution is 7.84. The summed E-state index contributed by atoms with van der Waals surface area (Å²) in [7, 11) is -1.04. The van der Waals surface area contributed by atoms with Crippen LogP contribution in [0.5, 0.6) is 0 Å². The first-order valence-electron chi connectivity index (χ1n) is 8.79. The van der Waals surface area contributed by atoms with Gasteiger partial charge in [0.2, 0.25) is 0 Å². The molecule has 0 fully saturated rings. The molecule has 0 bridgehead atoms. The van der Waals surface area contributed by atoms with E-state index in [9.17, 15) is 22.2 Å². The molecular weight excluding hydrogens is 403 g/mol. The van der Waals surface area contributed by atoms with E-state index in [0.717, 1.165) is 22.9 Å². The van der Waals surface area contributed by atoms with Crippen molar-refractivity contribution in [2.45, 2.75) is 12.7 Å². The largest absolute Gasteiger partial charge is 0.416 e. The van der Waals surface area contributed by atoms with E-state index in [-0.39, 0.29) is 5.56 Å². The minimum Gasteiger partial charge on any atom is -0.284 e. The van der Waals surface area contributed by atoms with Gasteiger partial charge < -0.3 is 0 Å². The van der Waals surface area contributed by atoms with Gasteiger partial charge in [-0.1, -0.05) is 18.2 Å². The Kier molecular flexibility index (Phi) is 4.77. The molecule has 2 aromatic heterocycles. The standard InChI is InChI=1S/C20H16F3N3O2S/c1-29(28)11-10-25-12-13-4-2-3-5-16(13)17-18(25)19(27)26(24-17)15-8-6-14(7-9-15)20(21,22)23/h2-9,12H,10-11H2,1H3/p+1. The van der Waals surface area contributed by atoms with Gasteiger partial charge >= 0.3 is 11.7 Å². The summed E-state index contributed by atoms with van der Waals surface area (Å²) in [4.78, 5) is 13.1. The van der Waals surface area contributed by atoms with Crippen molar-refractivity contribution in [3.63, 3.8) is 0 Å². The van der Waals surface area contributed by atoms with Crippen LogP contribution in [-0.2, 0) is 23.5 Å². The molecular formula is C20H17F3N3O2S+. The van der Waals surface area contributed by atoms with Crippen molar-refractivity contribution in [3.8, 4) is 5.69 Å². The quantitative estimate of drug-likeness (QED) is 0.516. The number of alkyl halides is 3. The zero-order chi connectivity index (χ0) is 20.8. The SMILES string of the molecule is CS(=O)CC[n+]1cc2ccccc2c2[nH]n(-c3ccc(C(F)(F)F)cc3)c(=O)c21. The summed E-state index contributed by atoms with van der Waals surface area (Å²) in [5.74, 6) is 0.378. The summed E-state index contributed by atoms with van der Waals surface area (Å²) in [6, 6.07) is 11.9. The number of nitrogens with zero attached hydrogens (tertiary/aromatic N) is 2. The number of hydrogen-bond acceptors (Lipinski definition) is 2. The highest BCUT2D eigenvalue weighted by Crippen LogP contribution is 2.29. The minimum atomic E-state index is -4.45. The molecule has 0 aliphatic heterocycles. The predicted molar refractivity (Wildman–Crippen MR) is 106 cm³/mol. The van der Waals surface area contributed by atoms with E-state index in [1.54, 1.807) is 10.8 Å². The van der Waals surface area contributed by atoms with E-state index in [1.807, 2.05) is 30.5 Å². The van der Waals surface area contributed by atoms with Gasteiger partial charge in [0.25, 0.3) is 5.52 Å². The average Bonchev–Trinajstić information content (AvgIpc) is 3.03. The van der Waals surface area contributed by atoms with Crippen LogP contribution in [0.25, 0.3) is 27.5 Å².